The fraction of sp³-hybridized carbons (Fsp3) is 0.481. The molecule has 1 aliphatic carbocycles. The average molecular weight is 484 g/mol. The smallest absolute Gasteiger partial charge is 0.255 e. The third-order valence-electron chi connectivity index (χ3n) is 7.10. The summed E-state index contributed by atoms with van der Waals surface area (Å²) in [5.74, 6) is 1.29. The Bertz CT molecular complexity index is 985. The predicted octanol–water partition coefficient (Wildman–Crippen LogP) is 4.02. The van der Waals surface area contributed by atoms with Crippen LogP contribution >= 0.6 is 11.6 Å². The van der Waals surface area contributed by atoms with Crippen LogP contribution in [0.15, 0.2) is 48.5 Å². The Morgan fingerprint density at radius 3 is 2.41 bits per heavy atom. The number of halogens is 1. The maximum Gasteiger partial charge on any atom is 0.255 e. The van der Waals surface area contributed by atoms with Gasteiger partial charge in [0.15, 0.2) is 0 Å². The van der Waals surface area contributed by atoms with Crippen LogP contribution in [0.3, 0.4) is 0 Å². The fourth-order valence-corrected chi connectivity index (χ4v) is 5.51. The lowest BCUT2D eigenvalue weighted by Gasteiger charge is -2.40. The highest BCUT2D eigenvalue weighted by Crippen LogP contribution is 2.31. The number of carbonyl (C=O) groups excluding carboxylic acids is 2. The second kappa shape index (κ2) is 11.7. The summed E-state index contributed by atoms with van der Waals surface area (Å²) in [5, 5.41) is 3.67. The van der Waals surface area contributed by atoms with E-state index in [4.69, 9.17) is 16.3 Å². The molecule has 0 spiro atoms. The second-order valence-electron chi connectivity index (χ2n) is 9.15. The number of nitrogens with one attached hydrogen (secondary N) is 1. The number of para-hydroxylation sites is 1. The first kappa shape index (κ1) is 24.6. The van der Waals surface area contributed by atoms with Gasteiger partial charge in [0.25, 0.3) is 5.91 Å². The maximum atomic E-state index is 13.4. The zero-order valence-corrected chi connectivity index (χ0v) is 20.6. The van der Waals surface area contributed by atoms with Gasteiger partial charge in [-0.2, -0.15) is 0 Å². The van der Waals surface area contributed by atoms with Gasteiger partial charge in [-0.1, -0.05) is 54.8 Å². The lowest BCUT2D eigenvalue weighted by Crippen LogP contribution is -2.58. The summed E-state index contributed by atoms with van der Waals surface area (Å²) in [7, 11) is 1.67. The van der Waals surface area contributed by atoms with E-state index < -0.39 is 0 Å². The molecule has 2 aromatic rings. The number of hydrogen-bond acceptors (Lipinski definition) is 4. The number of piperazine rings is 1. The Morgan fingerprint density at radius 1 is 1.03 bits per heavy atom. The van der Waals surface area contributed by atoms with E-state index in [1.54, 1.807) is 19.2 Å². The van der Waals surface area contributed by atoms with Crippen molar-refractivity contribution in [3.8, 4) is 5.75 Å². The summed E-state index contributed by atoms with van der Waals surface area (Å²) >= 11 is 6.24. The normalized spacial score (nSPS) is 18.0. The summed E-state index contributed by atoms with van der Waals surface area (Å²) in [4.78, 5) is 30.5. The van der Waals surface area contributed by atoms with Crippen LogP contribution in [0.1, 0.15) is 41.6 Å². The van der Waals surface area contributed by atoms with Gasteiger partial charge < -0.3 is 15.0 Å². The summed E-state index contributed by atoms with van der Waals surface area (Å²) in [6.07, 6.45) is 5.27. The zero-order valence-electron chi connectivity index (χ0n) is 19.8. The summed E-state index contributed by atoms with van der Waals surface area (Å²) in [6.45, 7) is 3.16. The first-order valence-corrected chi connectivity index (χ1v) is 12.6. The molecule has 2 aromatic carbocycles. The van der Waals surface area contributed by atoms with Crippen LogP contribution in [0, 0.1) is 5.92 Å². The first-order chi connectivity index (χ1) is 16.6. The molecule has 1 atom stereocenters. The summed E-state index contributed by atoms with van der Waals surface area (Å²) < 4.78 is 5.43. The SMILES string of the molecule is COc1ccccc1CCNC(=O)[C@@H](C1CCCC1)N1CCN(C(=O)c2ccccc2Cl)CC1. The minimum absolute atomic E-state index is 0.0380. The first-order valence-electron chi connectivity index (χ1n) is 12.3. The number of hydrogen-bond donors (Lipinski definition) is 1. The Morgan fingerprint density at radius 2 is 1.71 bits per heavy atom. The Kier molecular flexibility index (Phi) is 8.46. The van der Waals surface area contributed by atoms with Crippen molar-refractivity contribution in [2.75, 3.05) is 39.8 Å². The van der Waals surface area contributed by atoms with Crippen molar-refractivity contribution in [2.24, 2.45) is 5.92 Å². The van der Waals surface area contributed by atoms with Gasteiger partial charge >= 0.3 is 0 Å². The number of nitrogens with zero attached hydrogens (tertiary/aromatic N) is 2. The molecule has 1 aliphatic heterocycles. The molecule has 34 heavy (non-hydrogen) atoms. The molecule has 0 aromatic heterocycles. The third-order valence-corrected chi connectivity index (χ3v) is 7.43. The van der Waals surface area contributed by atoms with Crippen molar-refractivity contribution in [3.05, 3.63) is 64.7 Å². The monoisotopic (exact) mass is 483 g/mol. The standard InChI is InChI=1S/C27H34ClN3O3/c1-34-24-13-7-4-8-20(24)14-15-29-26(32)25(21-9-2-3-10-21)30-16-18-31(19-17-30)27(33)22-11-5-6-12-23(22)28/h4-8,11-13,21,25H,2-3,9-10,14-19H2,1H3,(H,29,32)/t25-/m1/s1. The van der Waals surface area contributed by atoms with E-state index in [9.17, 15) is 9.59 Å². The van der Waals surface area contributed by atoms with E-state index in [0.717, 1.165) is 30.6 Å². The van der Waals surface area contributed by atoms with Gasteiger partial charge in [0.1, 0.15) is 5.75 Å². The molecule has 2 aliphatic rings. The van der Waals surface area contributed by atoms with Crippen LogP contribution in [-0.4, -0.2) is 67.5 Å². The predicted molar refractivity (Wildman–Crippen MR) is 134 cm³/mol. The summed E-state index contributed by atoms with van der Waals surface area (Å²) in [6, 6.07) is 15.0. The molecule has 4 rings (SSSR count). The molecule has 7 heteroatoms. The van der Waals surface area contributed by atoms with E-state index in [1.807, 2.05) is 41.3 Å². The van der Waals surface area contributed by atoms with Crippen LogP contribution in [0.4, 0.5) is 0 Å². The molecule has 182 valence electrons. The molecule has 0 radical (unpaired) electrons. The molecule has 1 saturated heterocycles. The molecular formula is C27H34ClN3O3. The fourth-order valence-electron chi connectivity index (χ4n) is 5.29. The molecule has 0 bridgehead atoms. The molecule has 2 amide bonds. The van der Waals surface area contributed by atoms with Crippen molar-refractivity contribution < 1.29 is 14.3 Å². The number of rotatable bonds is 8. The molecular weight excluding hydrogens is 450 g/mol. The van der Waals surface area contributed by atoms with E-state index in [-0.39, 0.29) is 17.9 Å². The van der Waals surface area contributed by atoms with Gasteiger partial charge in [-0.05, 0) is 48.9 Å². The van der Waals surface area contributed by atoms with Gasteiger partial charge in [-0.15, -0.1) is 0 Å². The average Bonchev–Trinajstić information content (AvgIpc) is 3.39. The van der Waals surface area contributed by atoms with E-state index in [0.29, 0.717) is 49.2 Å². The van der Waals surface area contributed by atoms with Crippen LogP contribution in [0.5, 0.6) is 5.75 Å². The lowest BCUT2D eigenvalue weighted by molar-refractivity contribution is -0.129. The van der Waals surface area contributed by atoms with Crippen molar-refractivity contribution in [3.63, 3.8) is 0 Å². The number of methoxy groups -OCH3 is 1. The van der Waals surface area contributed by atoms with Gasteiger partial charge in [-0.25, -0.2) is 0 Å². The van der Waals surface area contributed by atoms with Crippen molar-refractivity contribution in [2.45, 2.75) is 38.1 Å². The Balaban J connectivity index is 1.36. The van der Waals surface area contributed by atoms with Crippen molar-refractivity contribution >= 4 is 23.4 Å². The minimum atomic E-state index is -0.141. The summed E-state index contributed by atoms with van der Waals surface area (Å²) in [5.41, 5.74) is 1.63. The van der Waals surface area contributed by atoms with Gasteiger partial charge in [0.05, 0.1) is 23.7 Å². The van der Waals surface area contributed by atoms with Crippen LogP contribution in [-0.2, 0) is 11.2 Å². The highest BCUT2D eigenvalue weighted by molar-refractivity contribution is 6.33. The van der Waals surface area contributed by atoms with E-state index in [2.05, 4.69) is 10.2 Å². The molecule has 1 N–H and O–H groups in total. The minimum Gasteiger partial charge on any atom is -0.496 e. The Labute approximate surface area is 207 Å². The van der Waals surface area contributed by atoms with Crippen molar-refractivity contribution in [1.29, 1.82) is 0 Å². The molecule has 2 fully saturated rings. The number of benzene rings is 2. The van der Waals surface area contributed by atoms with E-state index in [1.165, 1.54) is 12.8 Å². The Hall–Kier alpha value is -2.57. The van der Waals surface area contributed by atoms with Crippen LogP contribution < -0.4 is 10.1 Å². The van der Waals surface area contributed by atoms with Gasteiger partial charge in [-0.3, -0.25) is 14.5 Å². The maximum absolute atomic E-state index is 13.4. The van der Waals surface area contributed by atoms with Crippen LogP contribution in [0.2, 0.25) is 5.02 Å². The molecule has 1 heterocycles. The van der Waals surface area contributed by atoms with Crippen LogP contribution in [0.25, 0.3) is 0 Å². The van der Waals surface area contributed by atoms with E-state index >= 15 is 0 Å². The number of ether oxygens (including phenoxy) is 1. The lowest BCUT2D eigenvalue weighted by atomic mass is 9.94. The molecule has 0 unspecified atom stereocenters. The van der Waals surface area contributed by atoms with Gasteiger partial charge in [0.2, 0.25) is 5.91 Å². The number of carbonyl (C=O) groups is 2. The quantitative estimate of drug-likeness (QED) is 0.616. The highest BCUT2D eigenvalue weighted by atomic mass is 35.5. The zero-order chi connectivity index (χ0) is 23.9. The topological polar surface area (TPSA) is 61.9 Å². The molecule has 6 nitrogen and oxygen atoms in total. The highest BCUT2D eigenvalue weighted by Gasteiger charge is 2.37. The molecule has 1 saturated carbocycles. The van der Waals surface area contributed by atoms with Crippen molar-refractivity contribution in [1.82, 2.24) is 15.1 Å². The largest absolute Gasteiger partial charge is 0.496 e. The second-order valence-corrected chi connectivity index (χ2v) is 9.56. The number of amides is 2. The third kappa shape index (κ3) is 5.73. The van der Waals surface area contributed by atoms with Gasteiger partial charge in [0, 0.05) is 32.7 Å².